The molecule has 0 aliphatic carbocycles. The maximum absolute atomic E-state index is 13.0. The van der Waals surface area contributed by atoms with Gasteiger partial charge in [0.15, 0.2) is 0 Å². The summed E-state index contributed by atoms with van der Waals surface area (Å²) >= 11 is 1.55. The van der Waals surface area contributed by atoms with Crippen LogP contribution in [0.4, 0.5) is 0 Å². The summed E-state index contributed by atoms with van der Waals surface area (Å²) in [7, 11) is 4.23. The second kappa shape index (κ2) is 6.85. The third kappa shape index (κ3) is 3.04. The first-order valence-corrected chi connectivity index (χ1v) is 9.86. The number of fused-ring (bicyclic) bond motifs is 1. The van der Waals surface area contributed by atoms with Gasteiger partial charge in [-0.1, -0.05) is 18.2 Å². The third-order valence-electron chi connectivity index (χ3n) is 5.24. The summed E-state index contributed by atoms with van der Waals surface area (Å²) in [4.78, 5) is 19.1. The van der Waals surface area contributed by atoms with Crippen LogP contribution in [0.15, 0.2) is 36.4 Å². The number of rotatable bonds is 3. The molecule has 1 saturated heterocycles. The number of aromatic nitrogens is 2. The van der Waals surface area contributed by atoms with Gasteiger partial charge in [-0.05, 0) is 52.1 Å². The maximum atomic E-state index is 13.0. The summed E-state index contributed by atoms with van der Waals surface area (Å²) in [6.45, 7) is 3.67. The molecule has 136 valence electrons. The Labute approximate surface area is 157 Å². The molecule has 3 heterocycles. The van der Waals surface area contributed by atoms with E-state index in [4.69, 9.17) is 0 Å². The number of benzene rings is 1. The SMILES string of the molecule is Cc1nn(-c2ccccc2)c2sc(C(=O)N3CCC(N(C)C)CC3)cc12. The van der Waals surface area contributed by atoms with Crippen LogP contribution in [0, 0.1) is 6.92 Å². The van der Waals surface area contributed by atoms with Crippen molar-refractivity contribution in [2.24, 2.45) is 0 Å². The largest absolute Gasteiger partial charge is 0.338 e. The number of aryl methyl sites for hydroxylation is 1. The Hall–Kier alpha value is -2.18. The predicted octanol–water partition coefficient (Wildman–Crippen LogP) is 3.56. The molecule has 5 nitrogen and oxygen atoms in total. The van der Waals surface area contributed by atoms with Crippen LogP contribution in [0.5, 0.6) is 0 Å². The van der Waals surface area contributed by atoms with E-state index in [1.165, 1.54) is 0 Å². The molecule has 1 aliphatic rings. The van der Waals surface area contributed by atoms with Crippen molar-refractivity contribution in [1.82, 2.24) is 19.6 Å². The average Bonchev–Trinajstić information content (AvgIpc) is 3.23. The molecule has 1 aromatic carbocycles. The lowest BCUT2D eigenvalue weighted by Crippen LogP contribution is -2.44. The number of amides is 1. The van der Waals surface area contributed by atoms with E-state index in [-0.39, 0.29) is 5.91 Å². The second-order valence-corrected chi connectivity index (χ2v) is 8.18. The highest BCUT2D eigenvalue weighted by atomic mass is 32.1. The summed E-state index contributed by atoms with van der Waals surface area (Å²) in [5, 5.41) is 5.73. The van der Waals surface area contributed by atoms with E-state index in [1.807, 2.05) is 52.9 Å². The van der Waals surface area contributed by atoms with Gasteiger partial charge in [0.25, 0.3) is 5.91 Å². The Balaban J connectivity index is 1.61. The van der Waals surface area contributed by atoms with Crippen LogP contribution in [-0.4, -0.2) is 58.7 Å². The van der Waals surface area contributed by atoms with E-state index < -0.39 is 0 Å². The fourth-order valence-electron chi connectivity index (χ4n) is 3.64. The molecule has 1 aliphatic heterocycles. The van der Waals surface area contributed by atoms with Gasteiger partial charge in [-0.3, -0.25) is 4.79 Å². The molecular formula is C20H24N4OS. The number of hydrogen-bond donors (Lipinski definition) is 0. The minimum atomic E-state index is 0.155. The maximum Gasteiger partial charge on any atom is 0.264 e. The zero-order chi connectivity index (χ0) is 18.3. The second-order valence-electron chi connectivity index (χ2n) is 7.15. The van der Waals surface area contributed by atoms with E-state index in [1.54, 1.807) is 11.3 Å². The quantitative estimate of drug-likeness (QED) is 0.710. The fraction of sp³-hybridized carbons (Fsp3) is 0.400. The van der Waals surface area contributed by atoms with Gasteiger partial charge in [0.1, 0.15) is 4.83 Å². The molecule has 3 aromatic rings. The standard InChI is InChI=1S/C20H24N4OS/c1-14-17-13-18(19(25)23-11-9-15(10-12-23)22(2)3)26-20(17)24(21-14)16-7-5-4-6-8-16/h4-8,13,15H,9-12H2,1-3H3. The number of carbonyl (C=O) groups is 1. The first-order chi connectivity index (χ1) is 12.5. The molecule has 1 fully saturated rings. The van der Waals surface area contributed by atoms with Crippen LogP contribution >= 0.6 is 11.3 Å². The molecule has 0 atom stereocenters. The highest BCUT2D eigenvalue weighted by molar-refractivity contribution is 7.20. The summed E-state index contributed by atoms with van der Waals surface area (Å²) in [6, 6.07) is 12.7. The van der Waals surface area contributed by atoms with Gasteiger partial charge in [0.2, 0.25) is 0 Å². The van der Waals surface area contributed by atoms with Crippen molar-refractivity contribution in [2.75, 3.05) is 27.2 Å². The minimum absolute atomic E-state index is 0.155. The van der Waals surface area contributed by atoms with Crippen LogP contribution in [0.3, 0.4) is 0 Å². The summed E-state index contributed by atoms with van der Waals surface area (Å²) in [6.07, 6.45) is 2.08. The molecule has 0 unspecified atom stereocenters. The fourth-order valence-corrected chi connectivity index (χ4v) is 4.79. The van der Waals surface area contributed by atoms with Crippen molar-refractivity contribution in [3.8, 4) is 5.69 Å². The zero-order valence-electron chi connectivity index (χ0n) is 15.5. The Morgan fingerprint density at radius 1 is 1.19 bits per heavy atom. The first-order valence-electron chi connectivity index (χ1n) is 9.05. The Morgan fingerprint density at radius 3 is 2.54 bits per heavy atom. The lowest BCUT2D eigenvalue weighted by molar-refractivity contribution is 0.0668. The van der Waals surface area contributed by atoms with Crippen LogP contribution in [0.2, 0.25) is 0 Å². The average molecular weight is 369 g/mol. The molecule has 0 spiro atoms. The van der Waals surface area contributed by atoms with Crippen LogP contribution in [-0.2, 0) is 0 Å². The lowest BCUT2D eigenvalue weighted by atomic mass is 10.0. The molecule has 4 rings (SSSR count). The van der Waals surface area contributed by atoms with Crippen molar-refractivity contribution in [3.05, 3.63) is 47.0 Å². The smallest absolute Gasteiger partial charge is 0.264 e. The molecule has 0 N–H and O–H groups in total. The van der Waals surface area contributed by atoms with Gasteiger partial charge in [0.05, 0.1) is 16.3 Å². The zero-order valence-corrected chi connectivity index (χ0v) is 16.3. The van der Waals surface area contributed by atoms with E-state index in [0.717, 1.165) is 52.4 Å². The van der Waals surface area contributed by atoms with Crippen LogP contribution in [0.1, 0.15) is 28.2 Å². The van der Waals surface area contributed by atoms with Gasteiger partial charge in [-0.25, -0.2) is 4.68 Å². The summed E-state index contributed by atoms with van der Waals surface area (Å²) in [5.41, 5.74) is 1.99. The molecule has 0 saturated carbocycles. The Morgan fingerprint density at radius 2 is 1.88 bits per heavy atom. The van der Waals surface area contributed by atoms with Crippen LogP contribution < -0.4 is 0 Å². The van der Waals surface area contributed by atoms with Crippen molar-refractivity contribution in [3.63, 3.8) is 0 Å². The third-order valence-corrected chi connectivity index (χ3v) is 6.34. The number of likely N-dealkylation sites (tertiary alicyclic amines) is 1. The highest BCUT2D eigenvalue weighted by Crippen LogP contribution is 2.31. The van der Waals surface area contributed by atoms with Gasteiger partial charge < -0.3 is 9.80 Å². The number of piperidine rings is 1. The molecule has 6 heteroatoms. The number of carbonyl (C=O) groups excluding carboxylic acids is 1. The number of nitrogens with zero attached hydrogens (tertiary/aromatic N) is 4. The first kappa shape index (κ1) is 17.2. The van der Waals surface area contributed by atoms with Gasteiger partial charge >= 0.3 is 0 Å². The number of para-hydroxylation sites is 1. The van der Waals surface area contributed by atoms with Gasteiger partial charge in [-0.15, -0.1) is 11.3 Å². The summed E-state index contributed by atoms with van der Waals surface area (Å²) in [5.74, 6) is 0.155. The van der Waals surface area contributed by atoms with Crippen LogP contribution in [0.25, 0.3) is 15.9 Å². The molecule has 1 amide bonds. The molecular weight excluding hydrogens is 344 g/mol. The molecule has 0 radical (unpaired) electrons. The van der Waals surface area contributed by atoms with Gasteiger partial charge in [0, 0.05) is 24.5 Å². The minimum Gasteiger partial charge on any atom is -0.338 e. The van der Waals surface area contributed by atoms with Crippen molar-refractivity contribution < 1.29 is 4.79 Å². The Kier molecular flexibility index (Phi) is 4.54. The van der Waals surface area contributed by atoms with E-state index in [9.17, 15) is 4.79 Å². The van der Waals surface area contributed by atoms with E-state index in [0.29, 0.717) is 6.04 Å². The predicted molar refractivity (Wildman–Crippen MR) is 106 cm³/mol. The number of thiophene rings is 1. The lowest BCUT2D eigenvalue weighted by Gasteiger charge is -2.35. The molecule has 0 bridgehead atoms. The van der Waals surface area contributed by atoms with E-state index in [2.05, 4.69) is 24.1 Å². The molecule has 2 aromatic heterocycles. The Bertz CT molecular complexity index is 920. The topological polar surface area (TPSA) is 41.4 Å². The highest BCUT2D eigenvalue weighted by Gasteiger charge is 2.26. The number of hydrogen-bond acceptors (Lipinski definition) is 4. The molecule has 26 heavy (non-hydrogen) atoms. The van der Waals surface area contributed by atoms with Crippen molar-refractivity contribution >= 4 is 27.5 Å². The monoisotopic (exact) mass is 368 g/mol. The van der Waals surface area contributed by atoms with Crippen molar-refractivity contribution in [2.45, 2.75) is 25.8 Å². The van der Waals surface area contributed by atoms with Crippen molar-refractivity contribution in [1.29, 1.82) is 0 Å². The summed E-state index contributed by atoms with van der Waals surface area (Å²) < 4.78 is 1.95. The van der Waals surface area contributed by atoms with Gasteiger partial charge in [-0.2, -0.15) is 5.10 Å². The van der Waals surface area contributed by atoms with E-state index >= 15 is 0 Å². The normalized spacial score (nSPS) is 15.9.